The van der Waals surface area contributed by atoms with Gasteiger partial charge in [0.1, 0.15) is 0 Å². The van der Waals surface area contributed by atoms with Crippen LogP contribution in [0.25, 0.3) is 0 Å². The van der Waals surface area contributed by atoms with Crippen LogP contribution in [0.5, 0.6) is 0 Å². The highest BCUT2D eigenvalue weighted by molar-refractivity contribution is 14.1. The molecule has 4 nitrogen and oxygen atoms in total. The topological polar surface area (TPSA) is 41.6 Å². The molecular weight excluding hydrogens is 367 g/mol. The molecule has 5 heteroatoms. The number of carbonyl (C=O) groups is 1. The maximum Gasteiger partial charge on any atom is 0.251 e. The van der Waals surface area contributed by atoms with Crippen LogP contribution in [-0.2, 0) is 4.74 Å². The molecule has 1 fully saturated rings. The van der Waals surface area contributed by atoms with Crippen LogP contribution >= 0.6 is 22.6 Å². The number of nitrogens with zero attached hydrogens (tertiary/aromatic N) is 1. The average molecular weight is 388 g/mol. The Labute approximate surface area is 134 Å². The molecule has 20 heavy (non-hydrogen) atoms. The lowest BCUT2D eigenvalue weighted by Gasteiger charge is -2.26. The molecule has 1 amide bonds. The van der Waals surface area contributed by atoms with Gasteiger partial charge in [0, 0.05) is 28.8 Å². The number of ether oxygens (including phenoxy) is 1. The summed E-state index contributed by atoms with van der Waals surface area (Å²) in [7, 11) is 0. The van der Waals surface area contributed by atoms with Crippen molar-refractivity contribution in [1.29, 1.82) is 0 Å². The number of aryl methyl sites for hydroxylation is 1. The molecule has 110 valence electrons. The second kappa shape index (κ2) is 7.95. The van der Waals surface area contributed by atoms with Gasteiger partial charge >= 0.3 is 0 Å². The zero-order chi connectivity index (χ0) is 14.4. The van der Waals surface area contributed by atoms with Gasteiger partial charge < -0.3 is 10.1 Å². The Hall–Kier alpha value is -0.660. The zero-order valence-electron chi connectivity index (χ0n) is 11.8. The third kappa shape index (κ3) is 4.71. The molecule has 0 radical (unpaired) electrons. The average Bonchev–Trinajstić information content (AvgIpc) is 2.47. The van der Waals surface area contributed by atoms with E-state index in [9.17, 15) is 4.79 Å². The molecule has 1 heterocycles. The third-order valence-corrected chi connectivity index (χ3v) is 4.64. The van der Waals surface area contributed by atoms with Crippen molar-refractivity contribution in [3.05, 3.63) is 32.9 Å². The summed E-state index contributed by atoms with van der Waals surface area (Å²) in [5.41, 5.74) is 1.95. The van der Waals surface area contributed by atoms with E-state index in [0.29, 0.717) is 0 Å². The van der Waals surface area contributed by atoms with E-state index < -0.39 is 0 Å². The van der Waals surface area contributed by atoms with Gasteiger partial charge in [0.05, 0.1) is 13.2 Å². The SMILES string of the molecule is Cc1ccc(C(=O)NCCCN2CCOCC2)cc1I. The van der Waals surface area contributed by atoms with E-state index in [4.69, 9.17) is 4.74 Å². The summed E-state index contributed by atoms with van der Waals surface area (Å²) >= 11 is 2.26. The van der Waals surface area contributed by atoms with E-state index in [0.717, 1.165) is 54.9 Å². The molecule has 0 unspecified atom stereocenters. The van der Waals surface area contributed by atoms with Crippen LogP contribution < -0.4 is 5.32 Å². The molecule has 0 saturated carbocycles. The Morgan fingerprint density at radius 3 is 2.85 bits per heavy atom. The van der Waals surface area contributed by atoms with Gasteiger partial charge in [0.15, 0.2) is 0 Å². The summed E-state index contributed by atoms with van der Waals surface area (Å²) < 4.78 is 6.44. The third-order valence-electron chi connectivity index (χ3n) is 3.47. The van der Waals surface area contributed by atoms with Gasteiger partial charge in [-0.1, -0.05) is 6.07 Å². The molecule has 1 N–H and O–H groups in total. The van der Waals surface area contributed by atoms with Gasteiger partial charge in [0.2, 0.25) is 0 Å². The Bertz CT molecular complexity index is 459. The first kappa shape index (κ1) is 15.7. The second-order valence-corrected chi connectivity index (χ2v) is 6.19. The van der Waals surface area contributed by atoms with E-state index in [1.54, 1.807) is 0 Å². The highest BCUT2D eigenvalue weighted by atomic mass is 127. The maximum atomic E-state index is 12.0. The van der Waals surface area contributed by atoms with Gasteiger partial charge in [-0.25, -0.2) is 0 Å². The minimum atomic E-state index is 0.0184. The number of benzene rings is 1. The lowest BCUT2D eigenvalue weighted by molar-refractivity contribution is 0.0374. The van der Waals surface area contributed by atoms with Crippen molar-refractivity contribution in [1.82, 2.24) is 10.2 Å². The number of carbonyl (C=O) groups excluding carboxylic acids is 1. The number of rotatable bonds is 5. The van der Waals surface area contributed by atoms with E-state index >= 15 is 0 Å². The molecule has 0 aliphatic carbocycles. The zero-order valence-corrected chi connectivity index (χ0v) is 14.0. The molecule has 1 aromatic rings. The van der Waals surface area contributed by atoms with Gasteiger partial charge in [-0.3, -0.25) is 9.69 Å². The largest absolute Gasteiger partial charge is 0.379 e. The molecular formula is C15H21IN2O2. The Morgan fingerprint density at radius 2 is 2.15 bits per heavy atom. The van der Waals surface area contributed by atoms with Crippen LogP contribution in [-0.4, -0.2) is 50.2 Å². The number of nitrogens with one attached hydrogen (secondary N) is 1. The van der Waals surface area contributed by atoms with Crippen LogP contribution in [0.1, 0.15) is 22.3 Å². The quantitative estimate of drug-likeness (QED) is 0.620. The summed E-state index contributed by atoms with van der Waals surface area (Å²) in [5.74, 6) is 0.0184. The maximum absolute atomic E-state index is 12.0. The Balaban J connectivity index is 1.70. The van der Waals surface area contributed by atoms with Crippen LogP contribution in [0.15, 0.2) is 18.2 Å². The summed E-state index contributed by atoms with van der Waals surface area (Å²) in [6.07, 6.45) is 0.981. The monoisotopic (exact) mass is 388 g/mol. The van der Waals surface area contributed by atoms with Crippen LogP contribution in [0, 0.1) is 10.5 Å². The fourth-order valence-electron chi connectivity index (χ4n) is 2.17. The van der Waals surface area contributed by atoms with Crippen molar-refractivity contribution in [3.8, 4) is 0 Å². The molecule has 1 aliphatic heterocycles. The van der Waals surface area contributed by atoms with Crippen LogP contribution in [0.2, 0.25) is 0 Å². The van der Waals surface area contributed by atoms with Crippen molar-refractivity contribution in [2.45, 2.75) is 13.3 Å². The predicted molar refractivity (Wildman–Crippen MR) is 88.1 cm³/mol. The molecule has 0 aromatic heterocycles. The summed E-state index contributed by atoms with van der Waals surface area (Å²) in [6.45, 7) is 7.46. The van der Waals surface area contributed by atoms with Crippen molar-refractivity contribution < 1.29 is 9.53 Å². The number of morpholine rings is 1. The molecule has 1 aliphatic rings. The lowest BCUT2D eigenvalue weighted by Crippen LogP contribution is -2.38. The van der Waals surface area contributed by atoms with Crippen LogP contribution in [0.4, 0.5) is 0 Å². The summed E-state index contributed by atoms with van der Waals surface area (Å²) in [6, 6.07) is 5.81. The number of hydrogen-bond acceptors (Lipinski definition) is 3. The molecule has 1 saturated heterocycles. The molecule has 0 spiro atoms. The van der Waals surface area contributed by atoms with E-state index in [-0.39, 0.29) is 5.91 Å². The van der Waals surface area contributed by atoms with Crippen molar-refractivity contribution in [2.24, 2.45) is 0 Å². The van der Waals surface area contributed by atoms with Gasteiger partial charge in [-0.05, 0) is 60.2 Å². The van der Waals surface area contributed by atoms with Gasteiger partial charge in [0.25, 0.3) is 5.91 Å². The minimum absolute atomic E-state index is 0.0184. The fourth-order valence-corrected chi connectivity index (χ4v) is 2.68. The predicted octanol–water partition coefficient (Wildman–Crippen LogP) is 2.05. The standard InChI is InChI=1S/C15H21IN2O2/c1-12-3-4-13(11-14(12)16)15(19)17-5-2-6-18-7-9-20-10-8-18/h3-4,11H,2,5-10H2,1H3,(H,17,19). The number of hydrogen-bond donors (Lipinski definition) is 1. The Kier molecular flexibility index (Phi) is 6.25. The molecule has 0 bridgehead atoms. The van der Waals surface area contributed by atoms with Crippen LogP contribution in [0.3, 0.4) is 0 Å². The first-order valence-corrected chi connectivity index (χ1v) is 8.09. The molecule has 2 rings (SSSR count). The molecule has 0 atom stereocenters. The fraction of sp³-hybridized carbons (Fsp3) is 0.533. The summed E-state index contributed by atoms with van der Waals surface area (Å²) in [4.78, 5) is 14.4. The van der Waals surface area contributed by atoms with E-state index in [2.05, 4.69) is 32.8 Å². The minimum Gasteiger partial charge on any atom is -0.379 e. The van der Waals surface area contributed by atoms with Gasteiger partial charge in [-0.2, -0.15) is 0 Å². The normalized spacial score (nSPS) is 16.1. The Morgan fingerprint density at radius 1 is 1.40 bits per heavy atom. The van der Waals surface area contributed by atoms with E-state index in [1.807, 2.05) is 25.1 Å². The first-order chi connectivity index (χ1) is 9.66. The highest BCUT2D eigenvalue weighted by Gasteiger charge is 2.10. The van der Waals surface area contributed by atoms with Crippen molar-refractivity contribution in [3.63, 3.8) is 0 Å². The van der Waals surface area contributed by atoms with Crippen molar-refractivity contribution in [2.75, 3.05) is 39.4 Å². The smallest absolute Gasteiger partial charge is 0.251 e. The molecule has 1 aromatic carbocycles. The number of halogens is 1. The van der Waals surface area contributed by atoms with E-state index in [1.165, 1.54) is 5.56 Å². The number of amides is 1. The first-order valence-electron chi connectivity index (χ1n) is 7.01. The second-order valence-electron chi connectivity index (χ2n) is 5.03. The lowest BCUT2D eigenvalue weighted by atomic mass is 10.1. The van der Waals surface area contributed by atoms with Crippen molar-refractivity contribution >= 4 is 28.5 Å². The van der Waals surface area contributed by atoms with Gasteiger partial charge in [-0.15, -0.1) is 0 Å². The summed E-state index contributed by atoms with van der Waals surface area (Å²) in [5, 5.41) is 2.99. The highest BCUT2D eigenvalue weighted by Crippen LogP contribution is 2.13.